The van der Waals surface area contributed by atoms with Crippen LogP contribution in [0.15, 0.2) is 67.3 Å². The SMILES string of the molecule is Cc1ccccc1OC[C@@H](C)NC(=O)c1ccc(Cn2ccnc2)cc1. The molecule has 0 saturated carbocycles. The highest BCUT2D eigenvalue weighted by molar-refractivity contribution is 5.94. The Bertz CT molecular complexity index is 842. The number of benzene rings is 2. The Labute approximate surface area is 153 Å². The molecule has 5 heteroatoms. The van der Waals surface area contributed by atoms with Gasteiger partial charge in [-0.2, -0.15) is 0 Å². The van der Waals surface area contributed by atoms with Crippen LogP contribution >= 0.6 is 0 Å². The van der Waals surface area contributed by atoms with Crippen molar-refractivity contribution in [3.63, 3.8) is 0 Å². The second-order valence-corrected chi connectivity index (χ2v) is 6.38. The second-order valence-electron chi connectivity index (χ2n) is 6.38. The lowest BCUT2D eigenvalue weighted by Crippen LogP contribution is -2.36. The Hall–Kier alpha value is -3.08. The maximum absolute atomic E-state index is 12.4. The Morgan fingerprint density at radius 1 is 1.19 bits per heavy atom. The molecule has 1 atom stereocenters. The minimum atomic E-state index is -0.0972. The number of imidazole rings is 1. The lowest BCUT2D eigenvalue weighted by molar-refractivity contribution is 0.0926. The fourth-order valence-corrected chi connectivity index (χ4v) is 2.63. The zero-order valence-electron chi connectivity index (χ0n) is 15.1. The van der Waals surface area contributed by atoms with Crippen LogP contribution < -0.4 is 10.1 Å². The minimum Gasteiger partial charge on any atom is -0.491 e. The third-order valence-electron chi connectivity index (χ3n) is 4.10. The molecule has 1 heterocycles. The fourth-order valence-electron chi connectivity index (χ4n) is 2.63. The van der Waals surface area contributed by atoms with Crippen molar-refractivity contribution in [1.82, 2.24) is 14.9 Å². The standard InChI is InChI=1S/C21H23N3O2/c1-16-5-3-4-6-20(16)26-14-17(2)23-21(25)19-9-7-18(8-10-19)13-24-12-11-22-15-24/h3-12,15,17H,13-14H2,1-2H3,(H,23,25)/t17-/m1/s1. The van der Waals surface area contributed by atoms with E-state index in [0.717, 1.165) is 23.4 Å². The summed E-state index contributed by atoms with van der Waals surface area (Å²) < 4.78 is 7.78. The molecule has 0 aliphatic carbocycles. The summed E-state index contributed by atoms with van der Waals surface area (Å²) in [6.45, 7) is 5.10. The van der Waals surface area contributed by atoms with Gasteiger partial charge >= 0.3 is 0 Å². The smallest absolute Gasteiger partial charge is 0.251 e. The summed E-state index contributed by atoms with van der Waals surface area (Å²) in [5.74, 6) is 0.748. The number of nitrogens with one attached hydrogen (secondary N) is 1. The first kappa shape index (κ1) is 17.7. The number of para-hydroxylation sites is 1. The summed E-state index contributed by atoms with van der Waals surface area (Å²) in [7, 11) is 0. The molecule has 0 spiro atoms. The van der Waals surface area contributed by atoms with E-state index in [1.807, 2.05) is 73.1 Å². The molecule has 0 saturated heterocycles. The summed E-state index contributed by atoms with van der Waals surface area (Å²) in [6, 6.07) is 15.4. The van der Waals surface area contributed by atoms with Gasteiger partial charge in [0.2, 0.25) is 0 Å². The summed E-state index contributed by atoms with van der Waals surface area (Å²) in [4.78, 5) is 16.4. The van der Waals surface area contributed by atoms with Gasteiger partial charge in [-0.15, -0.1) is 0 Å². The van der Waals surface area contributed by atoms with E-state index in [-0.39, 0.29) is 11.9 Å². The number of aromatic nitrogens is 2. The first-order valence-electron chi connectivity index (χ1n) is 8.66. The van der Waals surface area contributed by atoms with Crippen molar-refractivity contribution < 1.29 is 9.53 Å². The zero-order chi connectivity index (χ0) is 18.4. The summed E-state index contributed by atoms with van der Waals surface area (Å²) in [6.07, 6.45) is 5.44. The van der Waals surface area contributed by atoms with Crippen molar-refractivity contribution in [3.05, 3.63) is 83.9 Å². The molecular weight excluding hydrogens is 326 g/mol. The highest BCUT2D eigenvalue weighted by Crippen LogP contribution is 2.16. The van der Waals surface area contributed by atoms with E-state index >= 15 is 0 Å². The number of rotatable bonds is 7. The molecule has 1 amide bonds. The van der Waals surface area contributed by atoms with Crippen molar-refractivity contribution in [2.45, 2.75) is 26.4 Å². The number of nitrogens with zero attached hydrogens (tertiary/aromatic N) is 2. The molecule has 1 N–H and O–H groups in total. The molecule has 2 aromatic carbocycles. The van der Waals surface area contributed by atoms with Crippen LogP contribution in [0.4, 0.5) is 0 Å². The normalized spacial score (nSPS) is 11.8. The van der Waals surface area contributed by atoms with Crippen molar-refractivity contribution >= 4 is 5.91 Å². The summed E-state index contributed by atoms with van der Waals surface area (Å²) in [5.41, 5.74) is 2.84. The molecule has 26 heavy (non-hydrogen) atoms. The summed E-state index contributed by atoms with van der Waals surface area (Å²) >= 11 is 0. The van der Waals surface area contributed by atoms with Crippen molar-refractivity contribution in [2.75, 3.05) is 6.61 Å². The largest absolute Gasteiger partial charge is 0.491 e. The molecule has 0 aliphatic heterocycles. The lowest BCUT2D eigenvalue weighted by atomic mass is 10.1. The number of ether oxygens (including phenoxy) is 1. The second kappa shape index (κ2) is 8.34. The molecular formula is C21H23N3O2. The molecule has 1 aromatic heterocycles. The van der Waals surface area contributed by atoms with Crippen LogP contribution in [-0.2, 0) is 6.54 Å². The average molecular weight is 349 g/mol. The molecule has 134 valence electrons. The van der Waals surface area contributed by atoms with Gasteiger partial charge in [-0.1, -0.05) is 30.3 Å². The molecule has 0 unspecified atom stereocenters. The van der Waals surface area contributed by atoms with Gasteiger partial charge in [0.15, 0.2) is 0 Å². The molecule has 3 rings (SSSR count). The average Bonchev–Trinajstić information content (AvgIpc) is 3.14. The van der Waals surface area contributed by atoms with E-state index in [1.165, 1.54) is 0 Å². The minimum absolute atomic E-state index is 0.0901. The van der Waals surface area contributed by atoms with E-state index in [0.29, 0.717) is 12.2 Å². The number of hydrogen-bond donors (Lipinski definition) is 1. The fraction of sp³-hybridized carbons (Fsp3) is 0.238. The summed E-state index contributed by atoms with van der Waals surface area (Å²) in [5, 5.41) is 2.97. The van der Waals surface area contributed by atoms with E-state index in [1.54, 1.807) is 12.5 Å². The van der Waals surface area contributed by atoms with Gasteiger partial charge in [0.1, 0.15) is 12.4 Å². The van der Waals surface area contributed by atoms with Crippen molar-refractivity contribution in [3.8, 4) is 5.75 Å². The number of carbonyl (C=O) groups is 1. The number of aryl methyl sites for hydroxylation is 1. The van der Waals surface area contributed by atoms with Gasteiger partial charge in [-0.3, -0.25) is 4.79 Å². The topological polar surface area (TPSA) is 56.1 Å². The third kappa shape index (κ3) is 4.72. The van der Waals surface area contributed by atoms with Crippen LogP contribution in [0.5, 0.6) is 5.75 Å². The van der Waals surface area contributed by atoms with Crippen LogP contribution in [0.2, 0.25) is 0 Å². The molecule has 0 aliphatic rings. The van der Waals surface area contributed by atoms with E-state index in [9.17, 15) is 4.79 Å². The first-order chi connectivity index (χ1) is 12.6. The predicted octanol–water partition coefficient (Wildman–Crippen LogP) is 3.44. The van der Waals surface area contributed by atoms with Gasteiger partial charge in [-0.05, 0) is 43.2 Å². The number of amides is 1. The highest BCUT2D eigenvalue weighted by atomic mass is 16.5. The van der Waals surface area contributed by atoms with Crippen molar-refractivity contribution in [2.24, 2.45) is 0 Å². The van der Waals surface area contributed by atoms with Crippen LogP contribution in [-0.4, -0.2) is 28.1 Å². The molecule has 0 bridgehead atoms. The molecule has 0 radical (unpaired) electrons. The lowest BCUT2D eigenvalue weighted by Gasteiger charge is -2.16. The third-order valence-corrected chi connectivity index (χ3v) is 4.10. The molecule has 0 fully saturated rings. The quantitative estimate of drug-likeness (QED) is 0.711. The molecule has 3 aromatic rings. The Balaban J connectivity index is 1.51. The highest BCUT2D eigenvalue weighted by Gasteiger charge is 2.11. The van der Waals surface area contributed by atoms with E-state index < -0.39 is 0 Å². The van der Waals surface area contributed by atoms with Gasteiger partial charge in [0, 0.05) is 24.5 Å². The Morgan fingerprint density at radius 2 is 1.96 bits per heavy atom. The van der Waals surface area contributed by atoms with Gasteiger partial charge in [0.05, 0.1) is 12.4 Å². The zero-order valence-corrected chi connectivity index (χ0v) is 15.1. The van der Waals surface area contributed by atoms with Gasteiger partial charge in [0.25, 0.3) is 5.91 Å². The number of hydrogen-bond acceptors (Lipinski definition) is 3. The number of carbonyl (C=O) groups excluding carboxylic acids is 1. The maximum Gasteiger partial charge on any atom is 0.251 e. The molecule has 5 nitrogen and oxygen atoms in total. The van der Waals surface area contributed by atoms with Crippen LogP contribution in [0.25, 0.3) is 0 Å². The predicted molar refractivity (Wildman–Crippen MR) is 101 cm³/mol. The van der Waals surface area contributed by atoms with Crippen molar-refractivity contribution in [1.29, 1.82) is 0 Å². The van der Waals surface area contributed by atoms with Crippen LogP contribution in [0, 0.1) is 6.92 Å². The van der Waals surface area contributed by atoms with Gasteiger partial charge < -0.3 is 14.6 Å². The maximum atomic E-state index is 12.4. The van der Waals surface area contributed by atoms with Crippen LogP contribution in [0.1, 0.15) is 28.4 Å². The van der Waals surface area contributed by atoms with Gasteiger partial charge in [-0.25, -0.2) is 4.98 Å². The Kier molecular flexibility index (Phi) is 5.69. The van der Waals surface area contributed by atoms with E-state index in [2.05, 4.69) is 10.3 Å². The first-order valence-corrected chi connectivity index (χ1v) is 8.66. The van der Waals surface area contributed by atoms with Crippen LogP contribution in [0.3, 0.4) is 0 Å². The van der Waals surface area contributed by atoms with E-state index in [4.69, 9.17) is 4.74 Å². The Morgan fingerprint density at radius 3 is 2.65 bits per heavy atom. The monoisotopic (exact) mass is 349 g/mol.